The van der Waals surface area contributed by atoms with E-state index < -0.39 is 0 Å². The van der Waals surface area contributed by atoms with E-state index in [-0.39, 0.29) is 11.9 Å². The predicted octanol–water partition coefficient (Wildman–Crippen LogP) is 5.34. The first-order valence-corrected chi connectivity index (χ1v) is 11.1. The van der Waals surface area contributed by atoms with E-state index in [2.05, 4.69) is 6.92 Å². The van der Waals surface area contributed by atoms with Gasteiger partial charge in [-0.3, -0.25) is 4.79 Å². The van der Waals surface area contributed by atoms with Gasteiger partial charge in [0.1, 0.15) is 11.5 Å². The second-order valence-corrected chi connectivity index (χ2v) is 8.16. The molecule has 0 aliphatic heterocycles. The topological polar surface area (TPSA) is 56.6 Å². The molecular formula is C26H33N3O3. The van der Waals surface area contributed by atoms with E-state index in [9.17, 15) is 4.79 Å². The number of benzene rings is 2. The molecule has 0 aliphatic carbocycles. The summed E-state index contributed by atoms with van der Waals surface area (Å²) in [5, 5.41) is 4.86. The molecule has 0 spiro atoms. The largest absolute Gasteiger partial charge is 0.497 e. The highest BCUT2D eigenvalue weighted by molar-refractivity contribution is 5.76. The fraction of sp³-hybridized carbons (Fsp3) is 0.385. The Kier molecular flexibility index (Phi) is 7.57. The maximum atomic E-state index is 12.7. The number of rotatable bonds is 9. The Morgan fingerprint density at radius 1 is 1.12 bits per heavy atom. The highest BCUT2D eigenvalue weighted by Gasteiger charge is 2.22. The Labute approximate surface area is 190 Å². The third-order valence-electron chi connectivity index (χ3n) is 5.73. The van der Waals surface area contributed by atoms with Gasteiger partial charge in [-0.1, -0.05) is 25.1 Å². The molecular weight excluding hydrogens is 402 g/mol. The van der Waals surface area contributed by atoms with E-state index >= 15 is 0 Å². The lowest BCUT2D eigenvalue weighted by Gasteiger charge is -2.21. The van der Waals surface area contributed by atoms with Crippen LogP contribution < -0.4 is 9.47 Å². The second kappa shape index (κ2) is 10.4. The summed E-state index contributed by atoms with van der Waals surface area (Å²) in [6.45, 7) is 8.13. The van der Waals surface area contributed by atoms with Gasteiger partial charge < -0.3 is 14.4 Å². The van der Waals surface area contributed by atoms with Gasteiger partial charge in [0.25, 0.3) is 0 Å². The lowest BCUT2D eigenvalue weighted by Crippen LogP contribution is -2.33. The molecule has 0 unspecified atom stereocenters. The Balaban J connectivity index is 2.04. The van der Waals surface area contributed by atoms with E-state index in [1.165, 1.54) is 0 Å². The average molecular weight is 436 g/mol. The van der Waals surface area contributed by atoms with Gasteiger partial charge in [-0.05, 0) is 69.5 Å². The molecule has 0 bridgehead atoms. The molecule has 6 nitrogen and oxygen atoms in total. The summed E-state index contributed by atoms with van der Waals surface area (Å²) >= 11 is 0. The maximum Gasteiger partial charge on any atom is 0.226 e. The van der Waals surface area contributed by atoms with Crippen LogP contribution in [0.15, 0.2) is 48.5 Å². The zero-order valence-electron chi connectivity index (χ0n) is 19.9. The van der Waals surface area contributed by atoms with Crippen molar-refractivity contribution < 1.29 is 14.3 Å². The lowest BCUT2D eigenvalue weighted by atomic mass is 10.1. The monoisotopic (exact) mass is 435 g/mol. The van der Waals surface area contributed by atoms with E-state index in [0.29, 0.717) is 18.7 Å². The number of carbonyl (C=O) groups excluding carboxylic acids is 1. The number of aryl methyl sites for hydroxylation is 2. The van der Waals surface area contributed by atoms with E-state index in [1.807, 2.05) is 81.0 Å². The third-order valence-corrected chi connectivity index (χ3v) is 5.73. The van der Waals surface area contributed by atoms with Gasteiger partial charge in [0, 0.05) is 25.1 Å². The summed E-state index contributed by atoms with van der Waals surface area (Å²) in [6.07, 6.45) is 1.72. The van der Waals surface area contributed by atoms with Gasteiger partial charge in [0.2, 0.25) is 11.8 Å². The fourth-order valence-electron chi connectivity index (χ4n) is 3.49. The van der Waals surface area contributed by atoms with Gasteiger partial charge in [-0.15, -0.1) is 0 Å². The van der Waals surface area contributed by atoms with Gasteiger partial charge in [0.05, 0.1) is 18.5 Å². The van der Waals surface area contributed by atoms with Crippen LogP contribution in [-0.4, -0.2) is 40.8 Å². The molecule has 32 heavy (non-hydrogen) atoms. The zero-order valence-corrected chi connectivity index (χ0v) is 19.9. The minimum Gasteiger partial charge on any atom is -0.497 e. The van der Waals surface area contributed by atoms with Crippen molar-refractivity contribution in [3.63, 3.8) is 0 Å². The molecule has 6 heteroatoms. The molecule has 1 amide bonds. The van der Waals surface area contributed by atoms with Gasteiger partial charge in [-0.25, -0.2) is 4.68 Å². The second-order valence-electron chi connectivity index (χ2n) is 8.16. The lowest BCUT2D eigenvalue weighted by molar-refractivity contribution is -0.131. The minimum atomic E-state index is 0.112. The van der Waals surface area contributed by atoms with Crippen molar-refractivity contribution in [3.8, 4) is 23.1 Å². The number of nitrogens with zero attached hydrogens (tertiary/aromatic N) is 3. The molecule has 170 valence electrons. The van der Waals surface area contributed by atoms with Crippen LogP contribution in [-0.2, 0) is 17.6 Å². The Morgan fingerprint density at radius 3 is 2.41 bits per heavy atom. The quantitative estimate of drug-likeness (QED) is 0.455. The van der Waals surface area contributed by atoms with Crippen LogP contribution in [0.3, 0.4) is 0 Å². The van der Waals surface area contributed by atoms with E-state index in [0.717, 1.165) is 40.4 Å². The summed E-state index contributed by atoms with van der Waals surface area (Å²) < 4.78 is 13.6. The van der Waals surface area contributed by atoms with E-state index in [1.54, 1.807) is 12.0 Å². The van der Waals surface area contributed by atoms with Gasteiger partial charge in [0.15, 0.2) is 0 Å². The van der Waals surface area contributed by atoms with Crippen molar-refractivity contribution in [1.82, 2.24) is 14.7 Å². The summed E-state index contributed by atoms with van der Waals surface area (Å²) in [5.41, 5.74) is 3.82. The molecule has 3 aromatic rings. The molecule has 3 rings (SSSR count). The smallest absolute Gasteiger partial charge is 0.226 e. The molecule has 0 radical (unpaired) electrons. The van der Waals surface area contributed by atoms with Crippen molar-refractivity contribution in [1.29, 1.82) is 0 Å². The molecule has 0 saturated carbocycles. The maximum absolute atomic E-state index is 12.7. The first-order valence-electron chi connectivity index (χ1n) is 11.1. The van der Waals surface area contributed by atoms with Crippen LogP contribution in [0.4, 0.5) is 0 Å². The van der Waals surface area contributed by atoms with Gasteiger partial charge >= 0.3 is 0 Å². The SMILES string of the molecule is CCc1nn(-c2ccc(OC)cc2)c(Oc2ccccc2C)c1CCC(=O)N(C)C(C)C. The Hall–Kier alpha value is -3.28. The first-order chi connectivity index (χ1) is 15.3. The predicted molar refractivity (Wildman–Crippen MR) is 127 cm³/mol. The van der Waals surface area contributed by atoms with Crippen LogP contribution in [0, 0.1) is 6.92 Å². The standard InChI is InChI=1S/C26H33N3O3/c1-7-23-22(16-17-25(30)28(5)18(2)3)26(32-24-11-9-8-10-19(24)4)29(27-23)20-12-14-21(31-6)15-13-20/h8-15,18H,7,16-17H2,1-6H3. The summed E-state index contributed by atoms with van der Waals surface area (Å²) in [4.78, 5) is 14.5. The van der Waals surface area contributed by atoms with Gasteiger partial charge in [-0.2, -0.15) is 5.10 Å². The van der Waals surface area contributed by atoms with Crippen molar-refractivity contribution in [2.24, 2.45) is 0 Å². The summed E-state index contributed by atoms with van der Waals surface area (Å²) in [6, 6.07) is 15.8. The fourth-order valence-corrected chi connectivity index (χ4v) is 3.49. The zero-order chi connectivity index (χ0) is 23.3. The number of hydrogen-bond donors (Lipinski definition) is 0. The Morgan fingerprint density at radius 2 is 1.81 bits per heavy atom. The van der Waals surface area contributed by atoms with E-state index in [4.69, 9.17) is 14.6 Å². The van der Waals surface area contributed by atoms with Crippen LogP contribution in [0.2, 0.25) is 0 Å². The molecule has 0 fully saturated rings. The molecule has 0 saturated heterocycles. The van der Waals surface area contributed by atoms with Crippen LogP contribution in [0.1, 0.15) is 44.0 Å². The number of methoxy groups -OCH3 is 1. The minimum absolute atomic E-state index is 0.112. The highest BCUT2D eigenvalue weighted by Crippen LogP contribution is 2.34. The highest BCUT2D eigenvalue weighted by atomic mass is 16.5. The van der Waals surface area contributed by atoms with Crippen molar-refractivity contribution >= 4 is 5.91 Å². The average Bonchev–Trinajstić information content (AvgIpc) is 3.15. The number of carbonyl (C=O) groups is 1. The van der Waals surface area contributed by atoms with Crippen LogP contribution in [0.5, 0.6) is 17.4 Å². The number of hydrogen-bond acceptors (Lipinski definition) is 4. The van der Waals surface area contributed by atoms with Crippen LogP contribution in [0.25, 0.3) is 5.69 Å². The molecule has 0 N–H and O–H groups in total. The number of para-hydroxylation sites is 1. The number of amides is 1. The molecule has 2 aromatic carbocycles. The molecule has 0 atom stereocenters. The first kappa shape index (κ1) is 23.4. The third kappa shape index (κ3) is 5.13. The van der Waals surface area contributed by atoms with Crippen molar-refractivity contribution in [2.75, 3.05) is 14.2 Å². The van der Waals surface area contributed by atoms with Crippen molar-refractivity contribution in [3.05, 3.63) is 65.4 Å². The molecule has 1 aromatic heterocycles. The molecule has 0 aliphatic rings. The van der Waals surface area contributed by atoms with Crippen LogP contribution >= 0.6 is 0 Å². The summed E-state index contributed by atoms with van der Waals surface area (Å²) in [7, 11) is 3.49. The normalized spacial score (nSPS) is 11.0. The number of ether oxygens (including phenoxy) is 2. The molecule has 1 heterocycles. The number of aromatic nitrogens is 2. The summed E-state index contributed by atoms with van der Waals surface area (Å²) in [5.74, 6) is 2.32. The Bertz CT molecular complexity index is 1050. The van der Waals surface area contributed by atoms with Crippen molar-refractivity contribution in [2.45, 2.75) is 53.0 Å².